The number of nitrogens with one attached hydrogen (secondary N) is 1. The smallest absolute Gasteiger partial charge is 0.322 e. The van der Waals surface area contributed by atoms with Crippen molar-refractivity contribution in [3.63, 3.8) is 0 Å². The average molecular weight is 346 g/mol. The van der Waals surface area contributed by atoms with Gasteiger partial charge in [0.1, 0.15) is 17.4 Å². The average Bonchev–Trinajstić information content (AvgIpc) is 3.02. The Morgan fingerprint density at radius 1 is 1.16 bits per heavy atom. The molecule has 1 N–H and O–H groups in total. The van der Waals surface area contributed by atoms with Crippen LogP contribution < -0.4 is 15.0 Å². The van der Waals surface area contributed by atoms with Crippen molar-refractivity contribution in [1.29, 1.82) is 0 Å². The second-order valence-corrected chi connectivity index (χ2v) is 6.00. The van der Waals surface area contributed by atoms with Gasteiger partial charge in [-0.05, 0) is 42.3 Å². The molecule has 2 aliphatic rings. The molecular weight excluding hydrogens is 330 g/mol. The number of carbonyl (C=O) groups excluding carboxylic acids is 1. The van der Waals surface area contributed by atoms with E-state index in [0.717, 1.165) is 5.56 Å². The predicted molar refractivity (Wildman–Crippen MR) is 86.4 cm³/mol. The molecular formula is C18H16F2N2O3. The van der Waals surface area contributed by atoms with Gasteiger partial charge >= 0.3 is 6.03 Å². The van der Waals surface area contributed by atoms with E-state index in [1.165, 1.54) is 24.3 Å². The van der Waals surface area contributed by atoms with Crippen LogP contribution in [-0.4, -0.2) is 19.4 Å². The molecule has 7 heteroatoms. The van der Waals surface area contributed by atoms with Crippen LogP contribution >= 0.6 is 0 Å². The van der Waals surface area contributed by atoms with Crippen molar-refractivity contribution in [3.05, 3.63) is 58.7 Å². The highest BCUT2D eigenvalue weighted by Gasteiger charge is 2.25. The first-order chi connectivity index (χ1) is 12.1. The fourth-order valence-corrected chi connectivity index (χ4v) is 3.24. The Bertz CT molecular complexity index is 841. The molecule has 0 bridgehead atoms. The second-order valence-electron chi connectivity index (χ2n) is 6.00. The van der Waals surface area contributed by atoms with Crippen LogP contribution in [0.4, 0.5) is 19.3 Å². The maximum atomic E-state index is 13.7. The topological polar surface area (TPSA) is 50.8 Å². The molecule has 25 heavy (non-hydrogen) atoms. The second kappa shape index (κ2) is 6.33. The van der Waals surface area contributed by atoms with Gasteiger partial charge < -0.3 is 14.8 Å². The Morgan fingerprint density at radius 2 is 2.00 bits per heavy atom. The van der Waals surface area contributed by atoms with Crippen LogP contribution in [0.5, 0.6) is 5.75 Å². The van der Waals surface area contributed by atoms with E-state index >= 15 is 0 Å². The fraction of sp³-hybridized carbons (Fsp3) is 0.278. The number of rotatable bonds is 2. The molecule has 0 aromatic heterocycles. The first kappa shape index (κ1) is 15.8. The molecule has 2 aromatic carbocycles. The van der Waals surface area contributed by atoms with Crippen molar-refractivity contribution >= 4 is 11.7 Å². The highest BCUT2D eigenvalue weighted by Crippen LogP contribution is 2.30. The molecule has 0 fully saturated rings. The van der Waals surface area contributed by atoms with Gasteiger partial charge in [0.05, 0.1) is 6.61 Å². The van der Waals surface area contributed by atoms with Crippen LogP contribution in [0.15, 0.2) is 30.3 Å². The zero-order valence-corrected chi connectivity index (χ0v) is 13.4. The van der Waals surface area contributed by atoms with E-state index in [-0.39, 0.29) is 31.8 Å². The number of fused-ring (bicyclic) bond motifs is 2. The zero-order chi connectivity index (χ0) is 17.4. The molecule has 0 spiro atoms. The third kappa shape index (κ3) is 3.02. The van der Waals surface area contributed by atoms with Gasteiger partial charge in [0.15, 0.2) is 6.79 Å². The molecule has 2 aliphatic heterocycles. The minimum absolute atomic E-state index is 0.102. The van der Waals surface area contributed by atoms with Crippen molar-refractivity contribution in [1.82, 2.24) is 5.32 Å². The highest BCUT2D eigenvalue weighted by molar-refractivity contribution is 5.94. The van der Waals surface area contributed by atoms with Crippen molar-refractivity contribution in [2.24, 2.45) is 0 Å². The van der Waals surface area contributed by atoms with Gasteiger partial charge in [-0.25, -0.2) is 13.6 Å². The molecule has 0 atom stereocenters. The number of halogens is 2. The van der Waals surface area contributed by atoms with E-state index in [2.05, 4.69) is 5.32 Å². The van der Waals surface area contributed by atoms with Crippen LogP contribution in [-0.2, 0) is 24.3 Å². The number of nitrogens with zero attached hydrogens (tertiary/aromatic N) is 1. The van der Waals surface area contributed by atoms with Crippen LogP contribution in [0.1, 0.15) is 16.7 Å². The Hall–Kier alpha value is -2.67. The molecule has 2 heterocycles. The van der Waals surface area contributed by atoms with Crippen molar-refractivity contribution < 1.29 is 23.0 Å². The first-order valence-electron chi connectivity index (χ1n) is 7.97. The first-order valence-corrected chi connectivity index (χ1v) is 7.97. The van der Waals surface area contributed by atoms with Crippen LogP contribution in [0.25, 0.3) is 0 Å². The number of hydrogen-bond donors (Lipinski definition) is 1. The summed E-state index contributed by atoms with van der Waals surface area (Å²) >= 11 is 0. The maximum Gasteiger partial charge on any atom is 0.322 e. The maximum absolute atomic E-state index is 13.7. The van der Waals surface area contributed by atoms with Gasteiger partial charge in [-0.2, -0.15) is 0 Å². The summed E-state index contributed by atoms with van der Waals surface area (Å²) in [4.78, 5) is 14.0. The molecule has 0 radical (unpaired) electrons. The quantitative estimate of drug-likeness (QED) is 0.909. The van der Waals surface area contributed by atoms with Gasteiger partial charge in [-0.15, -0.1) is 0 Å². The SMILES string of the molecule is O=C(NCc1cc(F)cc2c1OCOC2)N1CCc2cc(F)ccc21. The van der Waals surface area contributed by atoms with Gasteiger partial charge in [0.2, 0.25) is 0 Å². The molecule has 2 amide bonds. The van der Waals surface area contributed by atoms with E-state index in [9.17, 15) is 13.6 Å². The molecule has 2 aromatic rings. The monoisotopic (exact) mass is 346 g/mol. The lowest BCUT2D eigenvalue weighted by molar-refractivity contribution is -0.0173. The highest BCUT2D eigenvalue weighted by atomic mass is 19.1. The normalized spacial score (nSPS) is 15.4. The van der Waals surface area contributed by atoms with Crippen LogP contribution in [0, 0.1) is 11.6 Å². The molecule has 4 rings (SSSR count). The van der Waals surface area contributed by atoms with Crippen molar-refractivity contribution in [2.75, 3.05) is 18.2 Å². The number of hydrogen-bond acceptors (Lipinski definition) is 3. The molecule has 0 saturated carbocycles. The Morgan fingerprint density at radius 3 is 2.88 bits per heavy atom. The Labute approximate surface area is 143 Å². The minimum atomic E-state index is -0.404. The summed E-state index contributed by atoms with van der Waals surface area (Å²) in [6.45, 7) is 0.992. The molecule has 5 nitrogen and oxygen atoms in total. The minimum Gasteiger partial charge on any atom is -0.467 e. The number of anilines is 1. The zero-order valence-electron chi connectivity index (χ0n) is 13.4. The van der Waals surface area contributed by atoms with E-state index < -0.39 is 5.82 Å². The van der Waals surface area contributed by atoms with Crippen LogP contribution in [0.2, 0.25) is 0 Å². The number of carbonyl (C=O) groups is 1. The van der Waals surface area contributed by atoms with Crippen molar-refractivity contribution in [3.8, 4) is 5.75 Å². The summed E-state index contributed by atoms with van der Waals surface area (Å²) in [5.41, 5.74) is 2.69. The van der Waals surface area contributed by atoms with Crippen molar-refractivity contribution in [2.45, 2.75) is 19.6 Å². The summed E-state index contributed by atoms with van der Waals surface area (Å²) in [6, 6.07) is 6.78. The Kier molecular flexibility index (Phi) is 4.01. The van der Waals surface area contributed by atoms with E-state index in [1.807, 2.05) is 0 Å². The fourth-order valence-electron chi connectivity index (χ4n) is 3.24. The van der Waals surface area contributed by atoms with E-state index in [0.29, 0.717) is 35.5 Å². The Balaban J connectivity index is 1.50. The summed E-state index contributed by atoms with van der Waals surface area (Å²) in [7, 11) is 0. The third-order valence-electron chi connectivity index (χ3n) is 4.36. The lowest BCUT2D eigenvalue weighted by Gasteiger charge is -2.22. The molecule has 130 valence electrons. The largest absolute Gasteiger partial charge is 0.467 e. The number of ether oxygens (including phenoxy) is 2. The van der Waals surface area contributed by atoms with Gasteiger partial charge in [0, 0.05) is 29.9 Å². The van der Waals surface area contributed by atoms with E-state index in [4.69, 9.17) is 9.47 Å². The summed E-state index contributed by atoms with van der Waals surface area (Å²) in [5.74, 6) is -0.164. The number of amides is 2. The summed E-state index contributed by atoms with van der Waals surface area (Å²) in [6.07, 6.45) is 0.607. The summed E-state index contributed by atoms with van der Waals surface area (Å²) in [5, 5.41) is 2.78. The summed E-state index contributed by atoms with van der Waals surface area (Å²) < 4.78 is 37.6. The lowest BCUT2D eigenvalue weighted by atomic mass is 10.1. The van der Waals surface area contributed by atoms with Crippen LogP contribution in [0.3, 0.4) is 0 Å². The van der Waals surface area contributed by atoms with Gasteiger partial charge in [-0.1, -0.05) is 0 Å². The standard InChI is InChI=1S/C18H16F2N2O3/c19-14-1-2-16-11(5-14)3-4-22(16)18(23)21-8-12-6-15(20)7-13-9-24-10-25-17(12)13/h1-2,5-7H,3-4,8-10H2,(H,21,23). The molecule has 0 saturated heterocycles. The molecule has 0 aliphatic carbocycles. The van der Waals surface area contributed by atoms with Gasteiger partial charge in [-0.3, -0.25) is 4.90 Å². The number of benzene rings is 2. The van der Waals surface area contributed by atoms with Gasteiger partial charge in [0.25, 0.3) is 0 Å². The van der Waals surface area contributed by atoms with E-state index in [1.54, 1.807) is 11.0 Å². The molecule has 0 unspecified atom stereocenters. The lowest BCUT2D eigenvalue weighted by Crippen LogP contribution is -2.38. The predicted octanol–water partition coefficient (Wildman–Crippen LogP) is 3.10. The number of urea groups is 1. The third-order valence-corrected chi connectivity index (χ3v) is 4.36.